The number of carbonyl (C=O) groups is 4. The summed E-state index contributed by atoms with van der Waals surface area (Å²) in [6.45, 7) is 14.0. The first-order valence-corrected chi connectivity index (χ1v) is 37.8. The number of carbonyl (C=O) groups excluding carboxylic acids is 4. The number of hydrogen-bond acceptors (Lipinski definition) is 15. The number of aliphatic hydroxyl groups is 1. The Labute approximate surface area is 524 Å². The third kappa shape index (κ3) is 58.4. The zero-order valence-electron chi connectivity index (χ0n) is 55.9. The number of hydrogen-bond donors (Lipinski definition) is 3. The van der Waals surface area contributed by atoms with Gasteiger partial charge in [0.2, 0.25) is 0 Å². The van der Waals surface area contributed by atoms with Crippen molar-refractivity contribution in [2.75, 3.05) is 39.6 Å². The van der Waals surface area contributed by atoms with Crippen LogP contribution < -0.4 is 0 Å². The van der Waals surface area contributed by atoms with E-state index in [2.05, 4.69) is 55.4 Å². The molecule has 5 unspecified atom stereocenters. The molecule has 0 aliphatic rings. The van der Waals surface area contributed by atoms with Gasteiger partial charge in [-0.3, -0.25) is 37.3 Å². The minimum atomic E-state index is -4.95. The summed E-state index contributed by atoms with van der Waals surface area (Å²) in [7, 11) is -9.90. The van der Waals surface area contributed by atoms with Crippen LogP contribution >= 0.6 is 15.6 Å². The maximum absolute atomic E-state index is 13.0. The molecule has 0 aliphatic carbocycles. The molecular formula is C67H130O17P2. The van der Waals surface area contributed by atoms with Crippen molar-refractivity contribution >= 4 is 39.5 Å². The summed E-state index contributed by atoms with van der Waals surface area (Å²) in [5, 5.41) is 10.6. The Balaban J connectivity index is 5.24. The molecule has 0 rings (SSSR count). The van der Waals surface area contributed by atoms with E-state index in [1.54, 1.807) is 0 Å². The van der Waals surface area contributed by atoms with E-state index in [9.17, 15) is 43.2 Å². The molecule has 17 nitrogen and oxygen atoms in total. The smallest absolute Gasteiger partial charge is 0.462 e. The normalized spacial score (nSPS) is 15.0. The van der Waals surface area contributed by atoms with Gasteiger partial charge in [0.1, 0.15) is 19.3 Å². The number of phosphoric acid groups is 2. The van der Waals surface area contributed by atoms with E-state index in [-0.39, 0.29) is 25.7 Å². The zero-order valence-corrected chi connectivity index (χ0v) is 57.7. The number of rotatable bonds is 64. The van der Waals surface area contributed by atoms with Gasteiger partial charge in [0.15, 0.2) is 12.2 Å². The van der Waals surface area contributed by atoms with Gasteiger partial charge in [-0.05, 0) is 49.4 Å². The van der Waals surface area contributed by atoms with E-state index in [4.69, 9.17) is 37.0 Å². The topological polar surface area (TPSA) is 237 Å². The van der Waals surface area contributed by atoms with Crippen LogP contribution in [0.15, 0.2) is 0 Å². The molecular weight excluding hydrogens is 1140 g/mol. The van der Waals surface area contributed by atoms with Gasteiger partial charge in [-0.15, -0.1) is 0 Å². The lowest BCUT2D eigenvalue weighted by atomic mass is 9.99. The predicted molar refractivity (Wildman–Crippen MR) is 344 cm³/mol. The lowest BCUT2D eigenvalue weighted by molar-refractivity contribution is -0.161. The van der Waals surface area contributed by atoms with Gasteiger partial charge in [-0.1, -0.05) is 274 Å². The first-order chi connectivity index (χ1) is 41.2. The maximum atomic E-state index is 13.0. The quantitative estimate of drug-likeness (QED) is 0.0222. The van der Waals surface area contributed by atoms with Gasteiger partial charge in [0.25, 0.3) is 0 Å². The summed E-state index contributed by atoms with van der Waals surface area (Å²) in [6.07, 6.45) is 37.6. The summed E-state index contributed by atoms with van der Waals surface area (Å²) in [5.74, 6) is 0.836. The fourth-order valence-electron chi connectivity index (χ4n) is 9.89. The van der Waals surface area contributed by atoms with Gasteiger partial charge in [0.05, 0.1) is 26.4 Å². The Morgan fingerprint density at radius 1 is 0.326 bits per heavy atom. The molecule has 0 saturated heterocycles. The van der Waals surface area contributed by atoms with Crippen LogP contribution in [0.3, 0.4) is 0 Å². The largest absolute Gasteiger partial charge is 0.472 e. The second-order valence-electron chi connectivity index (χ2n) is 25.6. The van der Waals surface area contributed by atoms with E-state index in [0.717, 1.165) is 108 Å². The minimum Gasteiger partial charge on any atom is -0.462 e. The number of unbranched alkanes of at least 4 members (excludes halogenated alkanes) is 28. The summed E-state index contributed by atoms with van der Waals surface area (Å²) in [6, 6.07) is 0. The Hall–Kier alpha value is -1.94. The van der Waals surface area contributed by atoms with Gasteiger partial charge < -0.3 is 33.8 Å². The monoisotopic (exact) mass is 1270 g/mol. The van der Waals surface area contributed by atoms with Crippen molar-refractivity contribution in [1.82, 2.24) is 0 Å². The van der Waals surface area contributed by atoms with Gasteiger partial charge >= 0.3 is 39.5 Å². The summed E-state index contributed by atoms with van der Waals surface area (Å²) in [5.41, 5.74) is 0. The number of phosphoric ester groups is 2. The van der Waals surface area contributed by atoms with Crippen LogP contribution in [0.4, 0.5) is 0 Å². The summed E-state index contributed by atoms with van der Waals surface area (Å²) < 4.78 is 68.1. The SMILES string of the molecule is CCC(C)CCCCCCCCCCCCC(=O)OC[C@H](COP(=O)(O)OCC(O)COP(=O)(O)OC[C@@H](COC(=O)CCCCCCCCCCC(C)C)OC(=O)CCCCCCCCCCC(C)CC)OC(=O)CCCCCCCCC(C)C. The second kappa shape index (κ2) is 57.0. The number of aliphatic hydroxyl groups excluding tert-OH is 1. The molecule has 0 bridgehead atoms. The molecule has 0 saturated carbocycles. The Morgan fingerprint density at radius 2 is 0.558 bits per heavy atom. The van der Waals surface area contributed by atoms with E-state index < -0.39 is 97.5 Å². The van der Waals surface area contributed by atoms with Crippen LogP contribution in [0.25, 0.3) is 0 Å². The highest BCUT2D eigenvalue weighted by Crippen LogP contribution is 2.45. The van der Waals surface area contributed by atoms with Crippen LogP contribution in [0.2, 0.25) is 0 Å². The van der Waals surface area contributed by atoms with E-state index in [1.807, 2.05) is 0 Å². The third-order valence-corrected chi connectivity index (χ3v) is 17.9. The van der Waals surface area contributed by atoms with Crippen molar-refractivity contribution in [2.45, 2.75) is 343 Å². The molecule has 0 aromatic rings. The molecule has 86 heavy (non-hydrogen) atoms. The van der Waals surface area contributed by atoms with Gasteiger partial charge in [-0.25, -0.2) is 9.13 Å². The van der Waals surface area contributed by atoms with Crippen molar-refractivity contribution < 1.29 is 80.2 Å². The number of esters is 4. The van der Waals surface area contributed by atoms with E-state index in [1.165, 1.54) is 128 Å². The summed E-state index contributed by atoms with van der Waals surface area (Å²) >= 11 is 0. The average molecular weight is 1270 g/mol. The van der Waals surface area contributed by atoms with Crippen molar-refractivity contribution in [2.24, 2.45) is 23.7 Å². The Bertz CT molecular complexity index is 1720. The van der Waals surface area contributed by atoms with Crippen molar-refractivity contribution in [3.8, 4) is 0 Å². The van der Waals surface area contributed by atoms with E-state index in [0.29, 0.717) is 31.6 Å². The molecule has 0 radical (unpaired) electrons. The molecule has 0 aliphatic heterocycles. The molecule has 0 heterocycles. The second-order valence-corrected chi connectivity index (χ2v) is 28.6. The highest BCUT2D eigenvalue weighted by atomic mass is 31.2. The van der Waals surface area contributed by atoms with Crippen molar-refractivity contribution in [3.05, 3.63) is 0 Å². The lowest BCUT2D eigenvalue weighted by Gasteiger charge is -2.21. The van der Waals surface area contributed by atoms with Crippen LogP contribution in [0, 0.1) is 23.7 Å². The van der Waals surface area contributed by atoms with Crippen molar-refractivity contribution in [1.29, 1.82) is 0 Å². The average Bonchev–Trinajstić information content (AvgIpc) is 3.50. The highest BCUT2D eigenvalue weighted by molar-refractivity contribution is 7.47. The first kappa shape index (κ1) is 84.1. The van der Waals surface area contributed by atoms with Gasteiger partial charge in [-0.2, -0.15) is 0 Å². The number of ether oxygens (including phenoxy) is 4. The van der Waals surface area contributed by atoms with Crippen LogP contribution in [-0.4, -0.2) is 96.7 Å². The molecule has 7 atom stereocenters. The van der Waals surface area contributed by atoms with Crippen LogP contribution in [0.1, 0.15) is 325 Å². The Kier molecular flexibility index (Phi) is 55.7. The molecule has 0 aromatic carbocycles. The van der Waals surface area contributed by atoms with Crippen LogP contribution in [-0.2, 0) is 65.4 Å². The maximum Gasteiger partial charge on any atom is 0.472 e. The molecule has 19 heteroatoms. The predicted octanol–water partition coefficient (Wildman–Crippen LogP) is 18.5. The molecule has 0 amide bonds. The van der Waals surface area contributed by atoms with Gasteiger partial charge in [0, 0.05) is 25.7 Å². The fourth-order valence-corrected chi connectivity index (χ4v) is 11.5. The minimum absolute atomic E-state index is 0.101. The molecule has 0 fully saturated rings. The summed E-state index contributed by atoms with van der Waals surface area (Å²) in [4.78, 5) is 72.4. The van der Waals surface area contributed by atoms with Crippen molar-refractivity contribution in [3.63, 3.8) is 0 Å². The fraction of sp³-hybridized carbons (Fsp3) is 0.940. The Morgan fingerprint density at radius 3 is 0.826 bits per heavy atom. The zero-order chi connectivity index (χ0) is 63.9. The first-order valence-electron chi connectivity index (χ1n) is 34.8. The highest BCUT2D eigenvalue weighted by Gasteiger charge is 2.30. The molecule has 0 spiro atoms. The van der Waals surface area contributed by atoms with E-state index >= 15 is 0 Å². The van der Waals surface area contributed by atoms with Crippen LogP contribution in [0.5, 0.6) is 0 Å². The standard InChI is InChI=1S/C67H130O17P2/c1-9-59(7)45-37-29-20-13-11-12-14-22-31-39-47-64(69)77-54-63(84-67(72)50-42-34-26-25-28-36-44-58(5)6)56-82-86(75,76)80-52-61(68)51-79-85(73,74)81-55-62(53-78-65(70)48-40-32-23-17-15-19-27-35-43-57(3)4)83-66(71)49-41-33-24-18-16-21-30-38-46-60(8)10-2/h57-63,68H,9-56H2,1-8H3,(H,73,74)(H,75,76)/t59?,60?,61?,62-,63-/m1/s1. The third-order valence-electron chi connectivity index (χ3n) is 16.0. The lowest BCUT2D eigenvalue weighted by Crippen LogP contribution is -2.30. The molecule has 0 aromatic heterocycles. The molecule has 510 valence electrons. The molecule has 3 N–H and O–H groups in total.